The van der Waals surface area contributed by atoms with Crippen molar-refractivity contribution in [2.45, 2.75) is 51.4 Å². The largest absolute Gasteiger partial charge is 0.465 e. The Labute approximate surface area is 178 Å². The average Bonchev–Trinajstić information content (AvgIpc) is 2.79. The second kappa shape index (κ2) is 12.6. The first-order valence-corrected chi connectivity index (χ1v) is 10.5. The number of carbonyl (C=O) groups is 3. The minimum atomic E-state index is -0.687. The molecule has 160 valence electrons. The van der Waals surface area contributed by atoms with Crippen LogP contribution >= 0.6 is 0 Å². The molecule has 0 amide bonds. The summed E-state index contributed by atoms with van der Waals surface area (Å²) in [4.78, 5) is 38.2. The first kappa shape index (κ1) is 23.3. The number of Topliss-reactive ketones (excluding diaryl/α,β-unsaturated/α-hetero) is 1. The van der Waals surface area contributed by atoms with Gasteiger partial charge in [0, 0.05) is 12.8 Å². The van der Waals surface area contributed by atoms with Crippen LogP contribution in [-0.2, 0) is 23.9 Å². The van der Waals surface area contributed by atoms with Crippen molar-refractivity contribution in [1.82, 2.24) is 0 Å². The maximum absolute atomic E-state index is 13.0. The molecular weight excluding hydrogens is 380 g/mol. The molecule has 0 bridgehead atoms. The second-order valence-electron chi connectivity index (χ2n) is 7.21. The molecule has 2 unspecified atom stereocenters. The Hall–Kier alpha value is -2.95. The van der Waals surface area contributed by atoms with Crippen LogP contribution in [0.2, 0.25) is 0 Å². The fourth-order valence-electron chi connectivity index (χ4n) is 3.19. The standard InChI is InChI=1S/C25H30O5/c1-3-15-29-24(27)22(19-11-7-5-8-12-19)17-21(26)18-23(25(28)30-16-4-2)20-13-9-6-10-14-20/h5-14,22-23H,3-4,15-18H2,1-2H3. The highest BCUT2D eigenvalue weighted by atomic mass is 16.5. The van der Waals surface area contributed by atoms with Gasteiger partial charge in [0.15, 0.2) is 0 Å². The van der Waals surface area contributed by atoms with E-state index in [1.54, 1.807) is 0 Å². The molecule has 0 saturated heterocycles. The van der Waals surface area contributed by atoms with Crippen molar-refractivity contribution in [1.29, 1.82) is 0 Å². The monoisotopic (exact) mass is 410 g/mol. The first-order valence-electron chi connectivity index (χ1n) is 10.5. The molecule has 0 aromatic heterocycles. The van der Waals surface area contributed by atoms with E-state index in [1.165, 1.54) is 0 Å². The van der Waals surface area contributed by atoms with Gasteiger partial charge in [-0.25, -0.2) is 0 Å². The van der Waals surface area contributed by atoms with Gasteiger partial charge >= 0.3 is 11.9 Å². The van der Waals surface area contributed by atoms with Crippen LogP contribution in [0.15, 0.2) is 60.7 Å². The lowest BCUT2D eigenvalue weighted by molar-refractivity contribution is -0.147. The zero-order chi connectivity index (χ0) is 21.8. The lowest BCUT2D eigenvalue weighted by Gasteiger charge is -2.19. The fourth-order valence-corrected chi connectivity index (χ4v) is 3.19. The van der Waals surface area contributed by atoms with Gasteiger partial charge in [-0.2, -0.15) is 0 Å². The molecule has 0 heterocycles. The normalized spacial score (nSPS) is 12.6. The molecule has 0 spiro atoms. The predicted octanol–water partition coefficient (Wildman–Crippen LogP) is 4.81. The summed E-state index contributed by atoms with van der Waals surface area (Å²) in [5.41, 5.74) is 1.47. The zero-order valence-electron chi connectivity index (χ0n) is 17.7. The summed E-state index contributed by atoms with van der Waals surface area (Å²) in [6.45, 7) is 4.46. The van der Waals surface area contributed by atoms with Gasteiger partial charge in [-0.1, -0.05) is 74.5 Å². The molecule has 0 aliphatic heterocycles. The van der Waals surface area contributed by atoms with Gasteiger partial charge in [0.25, 0.3) is 0 Å². The molecule has 0 N–H and O–H groups in total. The van der Waals surface area contributed by atoms with Crippen LogP contribution in [0.4, 0.5) is 0 Å². The Kier molecular flexibility index (Phi) is 9.78. The molecule has 5 heteroatoms. The Balaban J connectivity index is 2.17. The van der Waals surface area contributed by atoms with Gasteiger partial charge in [0.2, 0.25) is 0 Å². The summed E-state index contributed by atoms with van der Waals surface area (Å²) in [5.74, 6) is -2.39. The van der Waals surface area contributed by atoms with E-state index in [9.17, 15) is 14.4 Å². The van der Waals surface area contributed by atoms with Crippen LogP contribution in [-0.4, -0.2) is 30.9 Å². The van der Waals surface area contributed by atoms with Gasteiger partial charge in [-0.15, -0.1) is 0 Å². The number of ketones is 1. The number of ether oxygens (including phenoxy) is 2. The molecule has 2 atom stereocenters. The van der Waals surface area contributed by atoms with Crippen LogP contribution in [0, 0.1) is 0 Å². The molecule has 2 rings (SSSR count). The number of hydrogen-bond donors (Lipinski definition) is 0. The third-order valence-electron chi connectivity index (χ3n) is 4.73. The number of rotatable bonds is 12. The van der Waals surface area contributed by atoms with Gasteiger partial charge in [-0.3, -0.25) is 14.4 Å². The average molecular weight is 411 g/mol. The number of carbonyl (C=O) groups excluding carboxylic acids is 3. The third kappa shape index (κ3) is 7.14. The Bertz CT molecular complexity index is 733. The minimum Gasteiger partial charge on any atom is -0.465 e. The Morgan fingerprint density at radius 1 is 0.667 bits per heavy atom. The van der Waals surface area contributed by atoms with Crippen LogP contribution in [0.1, 0.15) is 62.5 Å². The van der Waals surface area contributed by atoms with Crippen LogP contribution in [0.3, 0.4) is 0 Å². The van der Waals surface area contributed by atoms with Crippen molar-refractivity contribution in [3.63, 3.8) is 0 Å². The summed E-state index contributed by atoms with van der Waals surface area (Å²) in [7, 11) is 0. The van der Waals surface area contributed by atoms with Crippen molar-refractivity contribution in [3.8, 4) is 0 Å². The number of benzene rings is 2. The quantitative estimate of drug-likeness (QED) is 0.470. The van der Waals surface area contributed by atoms with Crippen molar-refractivity contribution in [3.05, 3.63) is 71.8 Å². The molecule has 0 aliphatic carbocycles. The number of hydrogen-bond acceptors (Lipinski definition) is 5. The highest BCUT2D eigenvalue weighted by molar-refractivity contribution is 5.91. The second-order valence-corrected chi connectivity index (χ2v) is 7.21. The van der Waals surface area contributed by atoms with Crippen LogP contribution in [0.25, 0.3) is 0 Å². The van der Waals surface area contributed by atoms with Crippen LogP contribution < -0.4 is 0 Å². The van der Waals surface area contributed by atoms with E-state index in [0.29, 0.717) is 26.1 Å². The molecular formula is C25H30O5. The van der Waals surface area contributed by atoms with E-state index in [2.05, 4.69) is 0 Å². The first-order chi connectivity index (χ1) is 14.6. The lowest BCUT2D eigenvalue weighted by Crippen LogP contribution is -2.23. The van der Waals surface area contributed by atoms with E-state index in [0.717, 1.165) is 11.1 Å². The maximum atomic E-state index is 13.0. The smallest absolute Gasteiger partial charge is 0.313 e. The summed E-state index contributed by atoms with van der Waals surface area (Å²) >= 11 is 0. The van der Waals surface area contributed by atoms with Gasteiger partial charge < -0.3 is 9.47 Å². The molecule has 0 radical (unpaired) electrons. The summed E-state index contributed by atoms with van der Waals surface area (Å²) in [5, 5.41) is 0. The van der Waals surface area contributed by atoms with Crippen molar-refractivity contribution >= 4 is 17.7 Å². The fraction of sp³-hybridized carbons (Fsp3) is 0.400. The van der Waals surface area contributed by atoms with Gasteiger partial charge in [0.1, 0.15) is 5.78 Å². The number of esters is 2. The van der Waals surface area contributed by atoms with Crippen molar-refractivity contribution in [2.24, 2.45) is 0 Å². The van der Waals surface area contributed by atoms with E-state index in [4.69, 9.17) is 9.47 Å². The van der Waals surface area contributed by atoms with E-state index >= 15 is 0 Å². The molecule has 30 heavy (non-hydrogen) atoms. The van der Waals surface area contributed by atoms with Crippen LogP contribution in [0.5, 0.6) is 0 Å². The Morgan fingerprint density at radius 3 is 1.37 bits per heavy atom. The summed E-state index contributed by atoms with van der Waals surface area (Å²) in [6, 6.07) is 18.3. The summed E-state index contributed by atoms with van der Waals surface area (Å²) in [6.07, 6.45) is 1.38. The highest BCUT2D eigenvalue weighted by Crippen LogP contribution is 2.27. The SMILES string of the molecule is CCCOC(=O)C(CC(=O)CC(C(=O)OCCC)c1ccccc1)c1ccccc1. The lowest BCUT2D eigenvalue weighted by atomic mass is 9.88. The zero-order valence-corrected chi connectivity index (χ0v) is 17.7. The topological polar surface area (TPSA) is 69.7 Å². The Morgan fingerprint density at radius 2 is 1.03 bits per heavy atom. The van der Waals surface area contributed by atoms with Crippen molar-refractivity contribution < 1.29 is 23.9 Å². The van der Waals surface area contributed by atoms with Gasteiger partial charge in [0.05, 0.1) is 25.0 Å². The molecule has 0 aliphatic rings. The van der Waals surface area contributed by atoms with E-state index in [-0.39, 0.29) is 18.6 Å². The van der Waals surface area contributed by atoms with E-state index < -0.39 is 23.8 Å². The van der Waals surface area contributed by atoms with Gasteiger partial charge in [-0.05, 0) is 24.0 Å². The molecule has 2 aromatic rings. The minimum absolute atomic E-state index is 0.0169. The van der Waals surface area contributed by atoms with Crippen molar-refractivity contribution in [2.75, 3.05) is 13.2 Å². The molecule has 0 fully saturated rings. The van der Waals surface area contributed by atoms with E-state index in [1.807, 2.05) is 74.5 Å². The maximum Gasteiger partial charge on any atom is 0.313 e. The predicted molar refractivity (Wildman–Crippen MR) is 115 cm³/mol. The summed E-state index contributed by atoms with van der Waals surface area (Å²) < 4.78 is 10.6. The molecule has 0 saturated carbocycles. The highest BCUT2D eigenvalue weighted by Gasteiger charge is 2.30. The third-order valence-corrected chi connectivity index (χ3v) is 4.73. The molecule has 5 nitrogen and oxygen atoms in total. The molecule has 2 aromatic carbocycles.